The van der Waals surface area contributed by atoms with Crippen molar-refractivity contribution < 1.29 is 14.1 Å². The van der Waals surface area contributed by atoms with Gasteiger partial charge in [0.15, 0.2) is 0 Å². The van der Waals surface area contributed by atoms with Crippen LogP contribution in [-0.2, 0) is 6.61 Å². The molecule has 0 saturated heterocycles. The molecule has 0 aliphatic rings. The SMILES string of the molecule is Cc1noc(C)c1COc1ccc(C(=O)Nc2nncs2)cc1. The van der Waals surface area contributed by atoms with Gasteiger partial charge in [0.25, 0.3) is 5.91 Å². The van der Waals surface area contributed by atoms with E-state index in [-0.39, 0.29) is 5.91 Å². The molecule has 2 heterocycles. The third kappa shape index (κ3) is 3.54. The molecule has 0 atom stereocenters. The minimum atomic E-state index is -0.237. The molecule has 0 unspecified atom stereocenters. The van der Waals surface area contributed by atoms with E-state index in [0.29, 0.717) is 23.1 Å². The van der Waals surface area contributed by atoms with Crippen molar-refractivity contribution in [1.82, 2.24) is 15.4 Å². The largest absolute Gasteiger partial charge is 0.489 e. The van der Waals surface area contributed by atoms with Crippen molar-refractivity contribution in [2.45, 2.75) is 20.5 Å². The normalized spacial score (nSPS) is 10.5. The quantitative estimate of drug-likeness (QED) is 0.773. The summed E-state index contributed by atoms with van der Waals surface area (Å²) in [5.41, 5.74) is 3.82. The Hall–Kier alpha value is -2.74. The van der Waals surface area contributed by atoms with Gasteiger partial charge in [0.1, 0.15) is 23.6 Å². The first kappa shape index (κ1) is 15.2. The van der Waals surface area contributed by atoms with Crippen LogP contribution in [0.4, 0.5) is 5.13 Å². The van der Waals surface area contributed by atoms with Crippen LogP contribution in [-0.4, -0.2) is 21.3 Å². The summed E-state index contributed by atoms with van der Waals surface area (Å²) in [6.45, 7) is 4.09. The van der Waals surface area contributed by atoms with Crippen molar-refractivity contribution in [3.63, 3.8) is 0 Å². The second-order valence-corrected chi connectivity index (χ2v) is 5.65. The standard InChI is InChI=1S/C15H14N4O3S/c1-9-13(10(2)22-19-9)7-21-12-5-3-11(4-6-12)14(20)17-15-18-16-8-23-15/h3-6,8H,7H2,1-2H3,(H,17,18,20). The van der Waals surface area contributed by atoms with E-state index >= 15 is 0 Å². The molecule has 8 heteroatoms. The van der Waals surface area contributed by atoms with Gasteiger partial charge in [-0.1, -0.05) is 16.5 Å². The number of anilines is 1. The summed E-state index contributed by atoms with van der Waals surface area (Å²) in [4.78, 5) is 12.0. The number of aromatic nitrogens is 3. The second kappa shape index (κ2) is 6.57. The number of carbonyl (C=O) groups is 1. The predicted molar refractivity (Wildman–Crippen MR) is 84.6 cm³/mol. The topological polar surface area (TPSA) is 90.1 Å². The molecule has 0 fully saturated rings. The van der Waals surface area contributed by atoms with Gasteiger partial charge in [-0.25, -0.2) is 0 Å². The minimum absolute atomic E-state index is 0.237. The number of ether oxygens (including phenoxy) is 1. The number of nitrogens with one attached hydrogen (secondary N) is 1. The Morgan fingerprint density at radius 1 is 1.30 bits per heavy atom. The smallest absolute Gasteiger partial charge is 0.257 e. The molecule has 7 nitrogen and oxygen atoms in total. The molecular formula is C15H14N4O3S. The first-order chi connectivity index (χ1) is 11.1. The van der Waals surface area contributed by atoms with Crippen LogP contribution in [0.1, 0.15) is 27.4 Å². The van der Waals surface area contributed by atoms with Crippen LogP contribution < -0.4 is 10.1 Å². The van der Waals surface area contributed by atoms with Gasteiger partial charge in [0, 0.05) is 5.56 Å². The summed E-state index contributed by atoms with van der Waals surface area (Å²) in [6.07, 6.45) is 0. The van der Waals surface area contributed by atoms with Crippen LogP contribution in [0, 0.1) is 13.8 Å². The molecule has 3 aromatic rings. The fourth-order valence-electron chi connectivity index (χ4n) is 1.96. The second-order valence-electron chi connectivity index (χ2n) is 4.81. The van der Waals surface area contributed by atoms with E-state index in [1.165, 1.54) is 11.3 Å². The van der Waals surface area contributed by atoms with Crippen LogP contribution in [0.15, 0.2) is 34.3 Å². The summed E-state index contributed by atoms with van der Waals surface area (Å²) >= 11 is 1.26. The number of aryl methyl sites for hydroxylation is 2. The molecular weight excluding hydrogens is 316 g/mol. The number of hydrogen-bond acceptors (Lipinski definition) is 7. The van der Waals surface area contributed by atoms with Crippen LogP contribution in [0.25, 0.3) is 0 Å². The van der Waals surface area contributed by atoms with Crippen LogP contribution in [0.2, 0.25) is 0 Å². The highest BCUT2D eigenvalue weighted by Gasteiger charge is 2.11. The van der Waals surface area contributed by atoms with Crippen LogP contribution in [0.3, 0.4) is 0 Å². The third-order valence-corrected chi connectivity index (χ3v) is 3.87. The van der Waals surface area contributed by atoms with Crippen LogP contribution >= 0.6 is 11.3 Å². The maximum absolute atomic E-state index is 12.0. The van der Waals surface area contributed by atoms with E-state index in [9.17, 15) is 4.79 Å². The van der Waals surface area contributed by atoms with Gasteiger partial charge in [0.2, 0.25) is 5.13 Å². The fourth-order valence-corrected chi connectivity index (χ4v) is 2.40. The Bertz CT molecular complexity index is 777. The Kier molecular flexibility index (Phi) is 4.33. The van der Waals surface area contributed by atoms with E-state index in [4.69, 9.17) is 9.26 Å². The average molecular weight is 330 g/mol. The van der Waals surface area contributed by atoms with Crippen molar-refractivity contribution in [3.8, 4) is 5.75 Å². The molecule has 2 aromatic heterocycles. The molecule has 1 aromatic carbocycles. The molecule has 1 amide bonds. The first-order valence-corrected chi connectivity index (χ1v) is 7.73. The summed E-state index contributed by atoms with van der Waals surface area (Å²) in [5.74, 6) is 1.17. The van der Waals surface area contributed by atoms with Gasteiger partial charge >= 0.3 is 0 Å². The van der Waals surface area contributed by atoms with E-state index in [0.717, 1.165) is 17.0 Å². The molecule has 0 aliphatic heterocycles. The van der Waals surface area contributed by atoms with E-state index < -0.39 is 0 Å². The molecule has 23 heavy (non-hydrogen) atoms. The summed E-state index contributed by atoms with van der Waals surface area (Å²) in [7, 11) is 0. The number of benzene rings is 1. The number of carbonyl (C=O) groups excluding carboxylic acids is 1. The number of amides is 1. The Labute approximate surface area is 136 Å². The Morgan fingerprint density at radius 2 is 2.09 bits per heavy atom. The zero-order valence-corrected chi connectivity index (χ0v) is 13.4. The van der Waals surface area contributed by atoms with Crippen molar-refractivity contribution in [3.05, 3.63) is 52.4 Å². The molecule has 0 radical (unpaired) electrons. The van der Waals surface area contributed by atoms with Gasteiger partial charge in [-0.15, -0.1) is 10.2 Å². The zero-order chi connectivity index (χ0) is 16.2. The molecule has 0 bridgehead atoms. The Morgan fingerprint density at radius 3 is 2.70 bits per heavy atom. The zero-order valence-electron chi connectivity index (χ0n) is 12.6. The third-order valence-electron chi connectivity index (χ3n) is 3.26. The lowest BCUT2D eigenvalue weighted by molar-refractivity contribution is 0.102. The summed E-state index contributed by atoms with van der Waals surface area (Å²) < 4.78 is 10.8. The lowest BCUT2D eigenvalue weighted by Crippen LogP contribution is -2.11. The fraction of sp³-hybridized carbons (Fsp3) is 0.200. The van der Waals surface area contributed by atoms with Gasteiger partial charge in [-0.05, 0) is 38.1 Å². The first-order valence-electron chi connectivity index (χ1n) is 6.85. The van der Waals surface area contributed by atoms with E-state index in [1.807, 2.05) is 13.8 Å². The van der Waals surface area contributed by atoms with E-state index in [2.05, 4.69) is 20.7 Å². The lowest BCUT2D eigenvalue weighted by atomic mass is 10.2. The maximum atomic E-state index is 12.0. The summed E-state index contributed by atoms with van der Waals surface area (Å²) in [5, 5.41) is 14.5. The average Bonchev–Trinajstić information content (AvgIpc) is 3.17. The highest BCUT2D eigenvalue weighted by atomic mass is 32.1. The van der Waals surface area contributed by atoms with Crippen molar-refractivity contribution >= 4 is 22.4 Å². The molecule has 0 spiro atoms. The Balaban J connectivity index is 1.62. The lowest BCUT2D eigenvalue weighted by Gasteiger charge is -2.07. The van der Waals surface area contributed by atoms with Gasteiger partial charge < -0.3 is 9.26 Å². The number of nitrogens with zero attached hydrogens (tertiary/aromatic N) is 3. The van der Waals surface area contributed by atoms with E-state index in [1.54, 1.807) is 29.8 Å². The van der Waals surface area contributed by atoms with Gasteiger partial charge in [-0.3, -0.25) is 10.1 Å². The molecule has 1 N–H and O–H groups in total. The van der Waals surface area contributed by atoms with Gasteiger partial charge in [0.05, 0.1) is 11.3 Å². The maximum Gasteiger partial charge on any atom is 0.257 e. The number of hydrogen-bond donors (Lipinski definition) is 1. The number of rotatable bonds is 5. The highest BCUT2D eigenvalue weighted by molar-refractivity contribution is 7.13. The predicted octanol–water partition coefficient (Wildman–Crippen LogP) is 2.97. The molecule has 0 saturated carbocycles. The van der Waals surface area contributed by atoms with Crippen LogP contribution in [0.5, 0.6) is 5.75 Å². The van der Waals surface area contributed by atoms with Crippen molar-refractivity contribution in [2.75, 3.05) is 5.32 Å². The van der Waals surface area contributed by atoms with Crippen molar-refractivity contribution in [1.29, 1.82) is 0 Å². The minimum Gasteiger partial charge on any atom is -0.489 e. The molecule has 118 valence electrons. The molecule has 3 rings (SSSR count). The van der Waals surface area contributed by atoms with Gasteiger partial charge in [-0.2, -0.15) is 0 Å². The van der Waals surface area contributed by atoms with Crippen molar-refractivity contribution in [2.24, 2.45) is 0 Å². The highest BCUT2D eigenvalue weighted by Crippen LogP contribution is 2.18. The monoisotopic (exact) mass is 330 g/mol. The molecule has 0 aliphatic carbocycles. The summed E-state index contributed by atoms with van der Waals surface area (Å²) in [6, 6.07) is 6.87.